The molecule has 1 saturated heterocycles. The number of nitrogens with one attached hydrogen (secondary N) is 2. The van der Waals surface area contributed by atoms with E-state index in [2.05, 4.69) is 15.5 Å². The van der Waals surface area contributed by atoms with Crippen LogP contribution in [0.3, 0.4) is 0 Å². The van der Waals surface area contributed by atoms with E-state index >= 15 is 0 Å². The molecule has 126 valence electrons. The number of rotatable bonds is 5. The lowest BCUT2D eigenvalue weighted by atomic mass is 10.0. The molecule has 1 aliphatic heterocycles. The van der Waals surface area contributed by atoms with Gasteiger partial charge in [0.2, 0.25) is 5.91 Å². The van der Waals surface area contributed by atoms with Crippen molar-refractivity contribution in [2.75, 3.05) is 13.7 Å². The van der Waals surface area contributed by atoms with Crippen LogP contribution >= 0.6 is 0 Å². The predicted molar refractivity (Wildman–Crippen MR) is 80.3 cm³/mol. The molecule has 0 aromatic rings. The molecule has 0 radical (unpaired) electrons. The third-order valence-electron chi connectivity index (χ3n) is 3.69. The summed E-state index contributed by atoms with van der Waals surface area (Å²) in [5, 5.41) is 3.96. The molecule has 22 heavy (non-hydrogen) atoms. The summed E-state index contributed by atoms with van der Waals surface area (Å²) in [5.41, 5.74) is 8.59. The molecule has 0 aromatic heterocycles. The molecule has 1 rings (SSSR count). The van der Waals surface area contributed by atoms with Crippen molar-refractivity contribution in [3.05, 3.63) is 0 Å². The van der Waals surface area contributed by atoms with Crippen LogP contribution in [-0.4, -0.2) is 54.6 Å². The highest BCUT2D eigenvalue weighted by Crippen LogP contribution is 2.10. The van der Waals surface area contributed by atoms with Gasteiger partial charge in [-0.2, -0.15) is 0 Å². The molecule has 0 bridgehead atoms. The zero-order valence-corrected chi connectivity index (χ0v) is 13.6. The maximum Gasteiger partial charge on any atom is 0.324 e. The molecule has 0 aliphatic carbocycles. The largest absolute Gasteiger partial charge is 0.468 e. The fourth-order valence-electron chi connectivity index (χ4n) is 2.17. The Morgan fingerprint density at radius 1 is 1.32 bits per heavy atom. The van der Waals surface area contributed by atoms with Crippen LogP contribution in [0, 0.1) is 5.92 Å². The summed E-state index contributed by atoms with van der Waals surface area (Å²) in [6, 6.07) is -1.92. The molecule has 1 fully saturated rings. The second-order valence-corrected chi connectivity index (χ2v) is 5.84. The number of hydrazine groups is 1. The van der Waals surface area contributed by atoms with Crippen LogP contribution < -0.4 is 16.5 Å². The molecule has 1 aliphatic rings. The third kappa shape index (κ3) is 4.67. The number of nitrogens with two attached hydrogens (primary N) is 1. The number of nitrogens with zero attached hydrogens (tertiary/aromatic N) is 1. The van der Waals surface area contributed by atoms with Gasteiger partial charge in [-0.25, -0.2) is 5.43 Å². The monoisotopic (exact) mass is 314 g/mol. The molecular formula is C14H26N4O4. The molecule has 4 N–H and O–H groups in total. The minimum atomic E-state index is -0.721. The molecule has 2 amide bonds. The molecule has 3 atom stereocenters. The number of esters is 1. The van der Waals surface area contributed by atoms with Gasteiger partial charge in [-0.1, -0.05) is 13.8 Å². The quantitative estimate of drug-likeness (QED) is 0.569. The lowest BCUT2D eigenvalue weighted by Gasteiger charge is -2.34. The number of hydrogen-bond acceptors (Lipinski definition) is 6. The summed E-state index contributed by atoms with van der Waals surface area (Å²) >= 11 is 0. The minimum Gasteiger partial charge on any atom is -0.468 e. The van der Waals surface area contributed by atoms with E-state index in [9.17, 15) is 14.4 Å². The van der Waals surface area contributed by atoms with Gasteiger partial charge in [0.15, 0.2) is 0 Å². The van der Waals surface area contributed by atoms with E-state index in [-0.39, 0.29) is 17.7 Å². The molecule has 1 heterocycles. The van der Waals surface area contributed by atoms with Crippen LogP contribution in [0.5, 0.6) is 0 Å². The minimum absolute atomic E-state index is 0.0147. The molecule has 2 unspecified atom stereocenters. The lowest BCUT2D eigenvalue weighted by molar-refractivity contribution is -0.150. The van der Waals surface area contributed by atoms with Crippen LogP contribution in [-0.2, 0) is 19.1 Å². The van der Waals surface area contributed by atoms with Crippen LogP contribution in [0.4, 0.5) is 0 Å². The highest BCUT2D eigenvalue weighted by atomic mass is 16.5. The van der Waals surface area contributed by atoms with E-state index in [1.54, 1.807) is 6.92 Å². The van der Waals surface area contributed by atoms with E-state index in [4.69, 9.17) is 5.73 Å². The molecule has 0 spiro atoms. The van der Waals surface area contributed by atoms with Crippen molar-refractivity contribution in [3.8, 4) is 0 Å². The van der Waals surface area contributed by atoms with E-state index in [0.29, 0.717) is 19.4 Å². The highest BCUT2D eigenvalue weighted by molar-refractivity contribution is 5.89. The Morgan fingerprint density at radius 3 is 2.50 bits per heavy atom. The van der Waals surface area contributed by atoms with Crippen molar-refractivity contribution in [2.45, 2.75) is 51.7 Å². The van der Waals surface area contributed by atoms with Crippen molar-refractivity contribution in [1.29, 1.82) is 0 Å². The first kappa shape index (κ1) is 18.4. The van der Waals surface area contributed by atoms with Crippen molar-refractivity contribution >= 4 is 17.8 Å². The average molecular weight is 314 g/mol. The summed E-state index contributed by atoms with van der Waals surface area (Å²) in [5.74, 6) is -1.09. The van der Waals surface area contributed by atoms with Gasteiger partial charge in [0, 0.05) is 6.54 Å². The van der Waals surface area contributed by atoms with Gasteiger partial charge in [0.1, 0.15) is 12.1 Å². The van der Waals surface area contributed by atoms with Crippen LogP contribution in [0.1, 0.15) is 33.6 Å². The van der Waals surface area contributed by atoms with E-state index in [1.165, 1.54) is 12.1 Å². The Kier molecular flexibility index (Phi) is 6.76. The summed E-state index contributed by atoms with van der Waals surface area (Å²) in [7, 11) is 1.31. The zero-order chi connectivity index (χ0) is 16.9. The summed E-state index contributed by atoms with van der Waals surface area (Å²) in [6.07, 6.45) is 1.29. The maximum atomic E-state index is 12.3. The van der Waals surface area contributed by atoms with E-state index < -0.39 is 24.1 Å². The van der Waals surface area contributed by atoms with Gasteiger partial charge >= 0.3 is 5.97 Å². The number of carbonyl (C=O) groups is 3. The van der Waals surface area contributed by atoms with Crippen molar-refractivity contribution in [3.63, 3.8) is 0 Å². The lowest BCUT2D eigenvalue weighted by Crippen LogP contribution is -2.60. The maximum absolute atomic E-state index is 12.3. The zero-order valence-electron chi connectivity index (χ0n) is 13.6. The average Bonchev–Trinajstić information content (AvgIpc) is 2.52. The Balaban J connectivity index is 2.59. The normalized spacial score (nSPS) is 21.2. The number of methoxy groups -OCH3 is 1. The number of ether oxygens (including phenoxy) is 1. The van der Waals surface area contributed by atoms with Gasteiger partial charge in [-0.15, -0.1) is 0 Å². The standard InChI is InChI=1S/C14H26N4O4/c1-8(2)11(15)12(19)16-9(3)13(20)18-7-5-6-10(17-18)14(21)22-4/h8-11,17H,5-7,15H2,1-4H3,(H,16,19)/t9?,10-,11?/m0/s1. The second-order valence-electron chi connectivity index (χ2n) is 5.84. The van der Waals surface area contributed by atoms with Crippen LogP contribution in [0.15, 0.2) is 0 Å². The number of amides is 2. The third-order valence-corrected chi connectivity index (χ3v) is 3.69. The van der Waals surface area contributed by atoms with Gasteiger partial charge in [-0.05, 0) is 25.7 Å². The van der Waals surface area contributed by atoms with Gasteiger partial charge in [0.25, 0.3) is 5.91 Å². The molecular weight excluding hydrogens is 288 g/mol. The van der Waals surface area contributed by atoms with Gasteiger partial charge < -0.3 is 15.8 Å². The fourth-order valence-corrected chi connectivity index (χ4v) is 2.17. The van der Waals surface area contributed by atoms with Gasteiger partial charge in [0.05, 0.1) is 13.2 Å². The smallest absolute Gasteiger partial charge is 0.324 e. The Morgan fingerprint density at radius 2 is 1.95 bits per heavy atom. The van der Waals surface area contributed by atoms with Crippen LogP contribution in [0.25, 0.3) is 0 Å². The number of carbonyl (C=O) groups excluding carboxylic acids is 3. The molecule has 0 aromatic carbocycles. The Labute approximate surface area is 130 Å². The molecule has 0 saturated carbocycles. The Hall–Kier alpha value is -1.67. The van der Waals surface area contributed by atoms with Crippen molar-refractivity contribution in [1.82, 2.24) is 15.8 Å². The highest BCUT2D eigenvalue weighted by Gasteiger charge is 2.31. The first-order chi connectivity index (χ1) is 10.3. The van der Waals surface area contributed by atoms with Crippen LogP contribution in [0.2, 0.25) is 0 Å². The van der Waals surface area contributed by atoms with Gasteiger partial charge in [-0.3, -0.25) is 19.4 Å². The van der Waals surface area contributed by atoms with E-state index in [0.717, 1.165) is 0 Å². The summed E-state index contributed by atoms with van der Waals surface area (Å²) in [6.45, 7) is 5.74. The summed E-state index contributed by atoms with van der Waals surface area (Å²) in [4.78, 5) is 35.8. The first-order valence-corrected chi connectivity index (χ1v) is 7.49. The second kappa shape index (κ2) is 8.09. The number of hydrogen-bond donors (Lipinski definition) is 3. The SMILES string of the molecule is COC(=O)[C@@H]1CCCN(C(=O)C(C)NC(=O)C(N)C(C)C)N1. The van der Waals surface area contributed by atoms with Crippen molar-refractivity contribution in [2.24, 2.45) is 11.7 Å². The molecule has 8 heteroatoms. The van der Waals surface area contributed by atoms with Crippen molar-refractivity contribution < 1.29 is 19.1 Å². The topological polar surface area (TPSA) is 114 Å². The summed E-state index contributed by atoms with van der Waals surface area (Å²) < 4.78 is 4.67. The first-order valence-electron chi connectivity index (χ1n) is 7.49. The van der Waals surface area contributed by atoms with E-state index in [1.807, 2.05) is 13.8 Å². The Bertz CT molecular complexity index is 427. The fraction of sp³-hybridized carbons (Fsp3) is 0.786. The molecule has 8 nitrogen and oxygen atoms in total. The predicted octanol–water partition coefficient (Wildman–Crippen LogP) is -0.857.